The van der Waals surface area contributed by atoms with Crippen molar-refractivity contribution in [2.24, 2.45) is 0 Å². The summed E-state index contributed by atoms with van der Waals surface area (Å²) in [5, 5.41) is 8.79. The number of aromatic nitrogens is 2. The van der Waals surface area contributed by atoms with Crippen LogP contribution in [-0.4, -0.2) is 53.1 Å². The molecule has 0 aromatic carbocycles. The Morgan fingerprint density at radius 1 is 1.30 bits per heavy atom. The number of carbonyl (C=O) groups excluding carboxylic acids is 3. The van der Waals surface area contributed by atoms with Gasteiger partial charge in [0.25, 0.3) is 12.1 Å². The molecule has 1 unspecified atom stereocenters. The quantitative estimate of drug-likeness (QED) is 0.609. The van der Waals surface area contributed by atoms with E-state index in [4.69, 9.17) is 4.74 Å². The lowest BCUT2D eigenvalue weighted by atomic mass is 9.98. The maximum Gasteiger partial charge on any atom is 0.510 e. The van der Waals surface area contributed by atoms with Crippen LogP contribution in [0.3, 0.4) is 0 Å². The second-order valence-electron chi connectivity index (χ2n) is 5.81. The van der Waals surface area contributed by atoms with Gasteiger partial charge in [0.2, 0.25) is 5.13 Å². The van der Waals surface area contributed by atoms with E-state index in [2.05, 4.69) is 14.9 Å². The van der Waals surface area contributed by atoms with Crippen molar-refractivity contribution in [1.82, 2.24) is 15.1 Å². The fourth-order valence-electron chi connectivity index (χ4n) is 1.91. The van der Waals surface area contributed by atoms with Gasteiger partial charge < -0.3 is 9.47 Å². The summed E-state index contributed by atoms with van der Waals surface area (Å²) in [5.74, 6) is -0.696. The predicted molar refractivity (Wildman–Crippen MR) is 81.1 cm³/mol. The summed E-state index contributed by atoms with van der Waals surface area (Å²) >= 11 is 1.15. The Kier molecular flexibility index (Phi) is 4.55. The van der Waals surface area contributed by atoms with E-state index in [-0.39, 0.29) is 17.1 Å². The van der Waals surface area contributed by atoms with Crippen LogP contribution in [0, 0.1) is 0 Å². The number of rotatable bonds is 3. The van der Waals surface area contributed by atoms with Gasteiger partial charge in [0, 0.05) is 12.0 Å². The molecule has 1 saturated heterocycles. The highest BCUT2D eigenvalue weighted by Crippen LogP contribution is 2.33. The molecule has 23 heavy (non-hydrogen) atoms. The number of carbonyl (C=O) groups is 3. The molecule has 3 amide bonds. The van der Waals surface area contributed by atoms with Gasteiger partial charge in [-0.1, -0.05) is 32.1 Å². The van der Waals surface area contributed by atoms with Crippen LogP contribution in [-0.2, 0) is 19.7 Å². The average molecular weight is 342 g/mol. The van der Waals surface area contributed by atoms with Crippen molar-refractivity contribution in [1.29, 1.82) is 0 Å². The third-order valence-electron chi connectivity index (χ3n) is 3.11. The molecule has 0 spiro atoms. The molecule has 0 saturated carbocycles. The fraction of sp³-hybridized carbons (Fsp3) is 0.615. The van der Waals surface area contributed by atoms with E-state index in [1.807, 2.05) is 20.8 Å². The number of hydrogen-bond acceptors (Lipinski definition) is 8. The van der Waals surface area contributed by atoms with Crippen LogP contribution in [0.2, 0.25) is 0 Å². The fourth-order valence-corrected chi connectivity index (χ4v) is 2.81. The van der Waals surface area contributed by atoms with Gasteiger partial charge in [0.05, 0.1) is 7.11 Å². The molecule has 1 aromatic heterocycles. The number of methoxy groups -OCH3 is 1. The van der Waals surface area contributed by atoms with Crippen LogP contribution in [0.25, 0.3) is 0 Å². The third kappa shape index (κ3) is 3.11. The zero-order valence-corrected chi connectivity index (χ0v) is 14.3. The van der Waals surface area contributed by atoms with E-state index in [0.29, 0.717) is 5.01 Å². The Hall–Kier alpha value is -2.23. The SMILES string of the molecule is CCN1C(=O)N(c2nnc(C(C)(C)C)s2)C(=O)C1OC(=O)OC. The lowest BCUT2D eigenvalue weighted by molar-refractivity contribution is -0.130. The summed E-state index contributed by atoms with van der Waals surface area (Å²) in [6, 6.07) is -0.608. The molecule has 9 nitrogen and oxygen atoms in total. The van der Waals surface area contributed by atoms with E-state index in [1.54, 1.807) is 6.92 Å². The van der Waals surface area contributed by atoms with E-state index in [1.165, 1.54) is 0 Å². The number of amides is 3. The molecular formula is C13H18N4O5S. The second-order valence-corrected chi connectivity index (χ2v) is 6.76. The van der Waals surface area contributed by atoms with Crippen molar-refractivity contribution in [2.45, 2.75) is 39.3 Å². The summed E-state index contributed by atoms with van der Waals surface area (Å²) in [6.45, 7) is 7.71. The summed E-state index contributed by atoms with van der Waals surface area (Å²) < 4.78 is 9.26. The number of urea groups is 1. The molecule has 0 aliphatic carbocycles. The number of nitrogens with zero attached hydrogens (tertiary/aromatic N) is 4. The standard InChI is InChI=1S/C13H18N4O5S/c1-6-16-8(22-12(20)21-5)7(18)17(11(16)19)10-15-14-9(23-10)13(2,3)4/h8H,6H2,1-5H3. The Morgan fingerprint density at radius 2 is 1.96 bits per heavy atom. The molecule has 0 radical (unpaired) electrons. The first-order valence-electron chi connectivity index (χ1n) is 6.93. The number of likely N-dealkylation sites (N-methyl/N-ethyl adjacent to an activating group) is 1. The minimum absolute atomic E-state index is 0.152. The zero-order valence-electron chi connectivity index (χ0n) is 13.5. The Balaban J connectivity index is 2.32. The van der Waals surface area contributed by atoms with E-state index in [9.17, 15) is 14.4 Å². The summed E-state index contributed by atoms with van der Waals surface area (Å²) in [6.07, 6.45) is -2.40. The normalized spacial score (nSPS) is 18.6. The van der Waals surface area contributed by atoms with Gasteiger partial charge in [-0.3, -0.25) is 9.69 Å². The minimum Gasteiger partial charge on any atom is -0.438 e. The van der Waals surface area contributed by atoms with Crippen molar-refractivity contribution in [3.8, 4) is 0 Å². The van der Waals surface area contributed by atoms with Crippen molar-refractivity contribution >= 4 is 34.6 Å². The maximum atomic E-state index is 12.5. The van der Waals surface area contributed by atoms with Gasteiger partial charge in [-0.15, -0.1) is 10.2 Å². The van der Waals surface area contributed by atoms with Gasteiger partial charge in [0.15, 0.2) is 0 Å². The first-order chi connectivity index (χ1) is 10.7. The van der Waals surface area contributed by atoms with E-state index >= 15 is 0 Å². The van der Waals surface area contributed by atoms with E-state index < -0.39 is 24.3 Å². The number of anilines is 1. The van der Waals surface area contributed by atoms with Crippen LogP contribution < -0.4 is 4.90 Å². The van der Waals surface area contributed by atoms with Crippen LogP contribution in [0.4, 0.5) is 14.7 Å². The van der Waals surface area contributed by atoms with Crippen molar-refractivity contribution in [2.75, 3.05) is 18.6 Å². The molecule has 126 valence electrons. The number of ether oxygens (including phenoxy) is 2. The first kappa shape index (κ1) is 17.1. The Labute approximate surface area is 137 Å². The van der Waals surface area contributed by atoms with Gasteiger partial charge in [-0.05, 0) is 6.92 Å². The molecule has 1 atom stereocenters. The van der Waals surface area contributed by atoms with Crippen molar-refractivity contribution in [3.63, 3.8) is 0 Å². The average Bonchev–Trinajstić information content (AvgIpc) is 3.03. The van der Waals surface area contributed by atoms with Gasteiger partial charge >= 0.3 is 12.2 Å². The summed E-state index contributed by atoms with van der Waals surface area (Å²) in [7, 11) is 1.12. The smallest absolute Gasteiger partial charge is 0.438 e. The molecule has 1 aliphatic rings. The van der Waals surface area contributed by atoms with Gasteiger partial charge in [-0.25, -0.2) is 9.59 Å². The summed E-state index contributed by atoms with van der Waals surface area (Å²) in [5.41, 5.74) is -0.256. The van der Waals surface area contributed by atoms with Crippen molar-refractivity contribution in [3.05, 3.63) is 5.01 Å². The van der Waals surface area contributed by atoms with Crippen LogP contribution in [0.15, 0.2) is 0 Å². The van der Waals surface area contributed by atoms with Crippen LogP contribution >= 0.6 is 11.3 Å². The number of imide groups is 1. The highest BCUT2D eigenvalue weighted by Gasteiger charge is 2.49. The molecule has 2 heterocycles. The van der Waals surface area contributed by atoms with E-state index in [0.717, 1.165) is 28.2 Å². The molecule has 1 aromatic rings. The molecular weight excluding hydrogens is 324 g/mol. The largest absolute Gasteiger partial charge is 0.510 e. The van der Waals surface area contributed by atoms with Crippen molar-refractivity contribution < 1.29 is 23.9 Å². The molecule has 1 aliphatic heterocycles. The highest BCUT2D eigenvalue weighted by molar-refractivity contribution is 7.15. The Bertz CT molecular complexity index is 639. The lowest BCUT2D eigenvalue weighted by Crippen LogP contribution is -2.38. The van der Waals surface area contributed by atoms with Gasteiger partial charge in [0.1, 0.15) is 5.01 Å². The molecule has 0 N–H and O–H groups in total. The van der Waals surface area contributed by atoms with Crippen LogP contribution in [0.1, 0.15) is 32.7 Å². The molecule has 2 rings (SSSR count). The topological polar surface area (TPSA) is 102 Å². The minimum atomic E-state index is -1.36. The molecule has 10 heteroatoms. The zero-order chi connectivity index (χ0) is 17.4. The third-order valence-corrected chi connectivity index (χ3v) is 4.45. The van der Waals surface area contributed by atoms with Crippen LogP contribution in [0.5, 0.6) is 0 Å². The highest BCUT2D eigenvalue weighted by atomic mass is 32.1. The predicted octanol–water partition coefficient (Wildman–Crippen LogP) is 1.73. The first-order valence-corrected chi connectivity index (χ1v) is 7.75. The molecule has 0 bridgehead atoms. The second kappa shape index (κ2) is 6.11. The maximum absolute atomic E-state index is 12.5. The summed E-state index contributed by atoms with van der Waals surface area (Å²) in [4.78, 5) is 38.2. The lowest BCUT2D eigenvalue weighted by Gasteiger charge is -2.18. The van der Waals surface area contributed by atoms with Gasteiger partial charge in [-0.2, -0.15) is 4.90 Å². The molecule has 1 fully saturated rings. The number of hydrogen-bond donors (Lipinski definition) is 0. The Morgan fingerprint density at radius 3 is 2.43 bits per heavy atom. The monoisotopic (exact) mass is 342 g/mol.